The van der Waals surface area contributed by atoms with Gasteiger partial charge in [0.25, 0.3) is 15.0 Å². The van der Waals surface area contributed by atoms with E-state index in [2.05, 4.69) is 0 Å². The highest BCUT2D eigenvalue weighted by molar-refractivity contribution is 8.13. The van der Waals surface area contributed by atoms with Gasteiger partial charge in [-0.25, -0.2) is 8.42 Å². The largest absolute Gasteiger partial charge is 0.336 e. The maximum atomic E-state index is 12.6. The predicted molar refractivity (Wildman–Crippen MR) is 85.7 cm³/mol. The van der Waals surface area contributed by atoms with E-state index < -0.39 is 9.05 Å². The molecule has 0 N–H and O–H groups in total. The van der Waals surface area contributed by atoms with E-state index in [1.165, 1.54) is 6.07 Å². The number of halogens is 2. The second kappa shape index (κ2) is 6.99. The van der Waals surface area contributed by atoms with Gasteiger partial charge in [-0.3, -0.25) is 4.79 Å². The molecular formula is C14H19Cl2NO3S. The van der Waals surface area contributed by atoms with E-state index in [1.54, 1.807) is 17.9 Å². The van der Waals surface area contributed by atoms with Gasteiger partial charge in [-0.15, -0.1) is 0 Å². The van der Waals surface area contributed by atoms with Gasteiger partial charge in [0.15, 0.2) is 0 Å². The average molecular weight is 352 g/mol. The van der Waals surface area contributed by atoms with Crippen LogP contribution >= 0.6 is 22.3 Å². The van der Waals surface area contributed by atoms with Crippen molar-refractivity contribution >= 4 is 37.2 Å². The third-order valence-corrected chi connectivity index (χ3v) is 5.42. The Kier molecular flexibility index (Phi) is 6.08. The van der Waals surface area contributed by atoms with Crippen LogP contribution in [0.5, 0.6) is 0 Å². The Morgan fingerprint density at radius 1 is 1.33 bits per heavy atom. The summed E-state index contributed by atoms with van der Waals surface area (Å²) in [7, 11) is 1.38. The minimum Gasteiger partial charge on any atom is -0.336 e. The highest BCUT2D eigenvalue weighted by Crippen LogP contribution is 2.30. The first-order valence-electron chi connectivity index (χ1n) is 6.69. The fraction of sp³-hybridized carbons (Fsp3) is 0.500. The van der Waals surface area contributed by atoms with Gasteiger partial charge in [0.1, 0.15) is 4.90 Å². The molecule has 0 aliphatic rings. The molecule has 21 heavy (non-hydrogen) atoms. The molecule has 1 aromatic carbocycles. The van der Waals surface area contributed by atoms with Crippen LogP contribution < -0.4 is 0 Å². The van der Waals surface area contributed by atoms with Gasteiger partial charge in [-0.2, -0.15) is 0 Å². The van der Waals surface area contributed by atoms with Crippen LogP contribution in [-0.2, 0) is 9.05 Å². The van der Waals surface area contributed by atoms with Gasteiger partial charge >= 0.3 is 0 Å². The van der Waals surface area contributed by atoms with Gasteiger partial charge in [-0.1, -0.05) is 18.5 Å². The average Bonchev–Trinajstić information content (AvgIpc) is 2.40. The summed E-state index contributed by atoms with van der Waals surface area (Å²) >= 11 is 5.97. The highest BCUT2D eigenvalue weighted by Gasteiger charge is 2.23. The van der Waals surface area contributed by atoms with Gasteiger partial charge in [0.2, 0.25) is 0 Å². The molecule has 1 aromatic rings. The van der Waals surface area contributed by atoms with Gasteiger partial charge in [-0.05, 0) is 44.9 Å². The molecule has 0 spiro atoms. The number of hydrogen-bond donors (Lipinski definition) is 0. The van der Waals surface area contributed by atoms with Crippen LogP contribution in [0.25, 0.3) is 0 Å². The Bertz CT molecular complexity index is 644. The van der Waals surface area contributed by atoms with Crippen molar-refractivity contribution in [3.05, 3.63) is 28.3 Å². The lowest BCUT2D eigenvalue weighted by atomic mass is 10.1. The van der Waals surface area contributed by atoms with Crippen LogP contribution in [0.15, 0.2) is 17.0 Å². The summed E-state index contributed by atoms with van der Waals surface area (Å²) in [4.78, 5) is 14.0. The number of amides is 1. The smallest absolute Gasteiger partial charge is 0.262 e. The predicted octanol–water partition coefficient (Wildman–Crippen LogP) is 3.84. The Labute approximate surface area is 135 Å². The van der Waals surface area contributed by atoms with Crippen LogP contribution in [0.1, 0.15) is 43.1 Å². The van der Waals surface area contributed by atoms with Crippen LogP contribution in [0.3, 0.4) is 0 Å². The molecule has 1 rings (SSSR count). The first kappa shape index (κ1) is 18.3. The van der Waals surface area contributed by atoms with Gasteiger partial charge in [0, 0.05) is 28.8 Å². The Morgan fingerprint density at radius 2 is 1.90 bits per heavy atom. The third kappa shape index (κ3) is 4.11. The van der Waals surface area contributed by atoms with E-state index in [1.807, 2.05) is 20.8 Å². The molecule has 1 amide bonds. The third-order valence-electron chi connectivity index (χ3n) is 3.46. The highest BCUT2D eigenvalue weighted by atomic mass is 35.7. The standard InChI is InChI=1S/C14H19Cl2NO3S/c1-5-10(4)17(6-2)14(18)11-7-9(3)13(15)12(8-11)21(16,19)20/h7-8,10H,5-6H2,1-4H3. The summed E-state index contributed by atoms with van der Waals surface area (Å²) in [6, 6.07) is 2.89. The minimum atomic E-state index is -4.00. The number of carbonyl (C=O) groups excluding carboxylic acids is 1. The molecule has 0 aliphatic heterocycles. The Hall–Kier alpha value is -0.780. The van der Waals surface area contributed by atoms with Crippen LogP contribution in [0.4, 0.5) is 0 Å². The maximum absolute atomic E-state index is 12.6. The van der Waals surface area contributed by atoms with Crippen molar-refractivity contribution in [1.29, 1.82) is 0 Å². The van der Waals surface area contributed by atoms with Gasteiger partial charge < -0.3 is 4.90 Å². The summed E-state index contributed by atoms with van der Waals surface area (Å²) in [5.41, 5.74) is 0.778. The number of carbonyl (C=O) groups is 1. The molecule has 0 saturated carbocycles. The summed E-state index contributed by atoms with van der Waals surface area (Å²) in [5.74, 6) is -0.229. The lowest BCUT2D eigenvalue weighted by molar-refractivity contribution is 0.0699. The van der Waals surface area contributed by atoms with Crippen molar-refractivity contribution in [2.45, 2.75) is 45.1 Å². The van der Waals surface area contributed by atoms with Crippen molar-refractivity contribution in [3.63, 3.8) is 0 Å². The maximum Gasteiger partial charge on any atom is 0.262 e. The van der Waals surface area contributed by atoms with Crippen LogP contribution in [-0.4, -0.2) is 31.8 Å². The fourth-order valence-corrected chi connectivity index (χ4v) is 3.62. The van der Waals surface area contributed by atoms with E-state index in [0.29, 0.717) is 12.1 Å². The topological polar surface area (TPSA) is 54.5 Å². The minimum absolute atomic E-state index is 0.0492. The molecular weight excluding hydrogens is 333 g/mol. The van der Waals surface area contributed by atoms with Crippen molar-refractivity contribution in [2.75, 3.05) is 6.54 Å². The number of rotatable bonds is 5. The first-order valence-corrected chi connectivity index (χ1v) is 9.37. The van der Waals surface area contributed by atoms with E-state index in [0.717, 1.165) is 6.42 Å². The summed E-state index contributed by atoms with van der Waals surface area (Å²) < 4.78 is 23.1. The fourth-order valence-electron chi connectivity index (χ4n) is 2.08. The SMILES string of the molecule is CCC(C)N(CC)C(=O)c1cc(C)c(Cl)c(S(=O)(=O)Cl)c1. The van der Waals surface area contributed by atoms with Crippen LogP contribution in [0.2, 0.25) is 5.02 Å². The van der Waals surface area contributed by atoms with Crippen LogP contribution in [0, 0.1) is 6.92 Å². The van der Waals surface area contributed by atoms with E-state index in [-0.39, 0.29) is 27.4 Å². The second-order valence-electron chi connectivity index (χ2n) is 4.89. The summed E-state index contributed by atoms with van der Waals surface area (Å²) in [6.45, 7) is 8.00. The Balaban J connectivity index is 3.38. The summed E-state index contributed by atoms with van der Waals surface area (Å²) in [6.07, 6.45) is 0.812. The monoisotopic (exact) mass is 351 g/mol. The number of aryl methyl sites for hydroxylation is 1. The number of benzene rings is 1. The molecule has 0 heterocycles. The molecule has 7 heteroatoms. The number of nitrogens with zero attached hydrogens (tertiary/aromatic N) is 1. The van der Waals surface area contributed by atoms with Crippen molar-refractivity contribution < 1.29 is 13.2 Å². The zero-order valence-electron chi connectivity index (χ0n) is 12.5. The zero-order valence-corrected chi connectivity index (χ0v) is 14.8. The molecule has 0 aliphatic carbocycles. The van der Waals surface area contributed by atoms with Crippen molar-refractivity contribution in [2.24, 2.45) is 0 Å². The lowest BCUT2D eigenvalue weighted by Crippen LogP contribution is -2.38. The van der Waals surface area contributed by atoms with E-state index in [9.17, 15) is 13.2 Å². The van der Waals surface area contributed by atoms with Gasteiger partial charge in [0.05, 0.1) is 5.02 Å². The normalized spacial score (nSPS) is 13.0. The molecule has 1 atom stereocenters. The van der Waals surface area contributed by atoms with Crippen molar-refractivity contribution in [1.82, 2.24) is 4.90 Å². The van der Waals surface area contributed by atoms with Crippen molar-refractivity contribution in [3.8, 4) is 0 Å². The molecule has 1 unspecified atom stereocenters. The molecule has 118 valence electrons. The quantitative estimate of drug-likeness (QED) is 0.757. The molecule has 0 radical (unpaired) electrons. The van der Waals surface area contributed by atoms with E-state index in [4.69, 9.17) is 22.3 Å². The summed E-state index contributed by atoms with van der Waals surface area (Å²) in [5, 5.41) is 0.0492. The number of hydrogen-bond acceptors (Lipinski definition) is 3. The Morgan fingerprint density at radius 3 is 2.33 bits per heavy atom. The second-order valence-corrected chi connectivity index (χ2v) is 7.80. The van der Waals surface area contributed by atoms with E-state index >= 15 is 0 Å². The zero-order chi connectivity index (χ0) is 16.4. The molecule has 0 aromatic heterocycles. The molecule has 4 nitrogen and oxygen atoms in total. The molecule has 0 fully saturated rings. The molecule has 0 saturated heterocycles. The lowest BCUT2D eigenvalue weighted by Gasteiger charge is -2.27. The molecule has 0 bridgehead atoms. The first-order chi connectivity index (χ1) is 9.63.